The molecule has 196 valence electrons. The Balaban J connectivity index is 1.33. The molecule has 1 aromatic heterocycles. The van der Waals surface area contributed by atoms with Gasteiger partial charge in [0.25, 0.3) is 11.8 Å². The van der Waals surface area contributed by atoms with Gasteiger partial charge >= 0.3 is 0 Å². The van der Waals surface area contributed by atoms with Gasteiger partial charge in [0.05, 0.1) is 11.1 Å². The lowest BCUT2D eigenvalue weighted by molar-refractivity contribution is -0.110. The van der Waals surface area contributed by atoms with Crippen LogP contribution in [0.5, 0.6) is 0 Å². The van der Waals surface area contributed by atoms with Gasteiger partial charge in [0, 0.05) is 54.3 Å². The van der Waals surface area contributed by atoms with Crippen LogP contribution in [0.3, 0.4) is 0 Å². The molecule has 3 aliphatic rings. The zero-order chi connectivity index (χ0) is 26.4. The molecule has 0 atom stereocenters. The average Bonchev–Trinajstić information content (AvgIpc) is 3.42. The molecule has 0 bridgehead atoms. The van der Waals surface area contributed by atoms with Crippen molar-refractivity contribution in [1.82, 2.24) is 14.8 Å². The van der Waals surface area contributed by atoms with Crippen molar-refractivity contribution in [2.75, 3.05) is 38.0 Å². The number of likely N-dealkylation sites (tertiary alicyclic amines) is 1. The molecule has 2 aromatic carbocycles. The van der Waals surface area contributed by atoms with E-state index in [1.54, 1.807) is 24.3 Å². The van der Waals surface area contributed by atoms with Gasteiger partial charge in [-0.2, -0.15) is 0 Å². The van der Waals surface area contributed by atoms with Gasteiger partial charge in [-0.3, -0.25) is 9.59 Å². The fourth-order valence-electron chi connectivity index (χ4n) is 5.93. The minimum atomic E-state index is -0.957. The fourth-order valence-corrected chi connectivity index (χ4v) is 5.93. The van der Waals surface area contributed by atoms with Gasteiger partial charge in [-0.15, -0.1) is 0 Å². The predicted molar refractivity (Wildman–Crippen MR) is 144 cm³/mol. The summed E-state index contributed by atoms with van der Waals surface area (Å²) >= 11 is 0. The van der Waals surface area contributed by atoms with Gasteiger partial charge in [-0.1, -0.05) is 30.7 Å². The lowest BCUT2D eigenvalue weighted by Gasteiger charge is -2.32. The van der Waals surface area contributed by atoms with Crippen molar-refractivity contribution in [2.24, 2.45) is 0 Å². The number of amides is 2. The Bertz CT molecular complexity index is 1470. The van der Waals surface area contributed by atoms with E-state index < -0.39 is 11.6 Å². The number of halogens is 2. The summed E-state index contributed by atoms with van der Waals surface area (Å²) in [6, 6.07) is 9.16. The summed E-state index contributed by atoms with van der Waals surface area (Å²) in [6.07, 6.45) is 6.16. The predicted octanol–water partition coefficient (Wildman–Crippen LogP) is 5.25. The molecule has 4 heterocycles. The SMILES string of the molecule is Cc1c(/C=C2\C(=O)Nc3cccc(-c4cccc(F)c4F)c32)[nH]c2c1C(=O)N(CCN1CCCCC1)CC2. The number of carbonyl (C=O) groups excluding carboxylic acids is 2. The number of benzene rings is 2. The summed E-state index contributed by atoms with van der Waals surface area (Å²) < 4.78 is 28.8. The molecule has 0 spiro atoms. The van der Waals surface area contributed by atoms with Crippen molar-refractivity contribution in [2.45, 2.75) is 32.6 Å². The first-order valence-electron chi connectivity index (χ1n) is 13.3. The Morgan fingerprint density at radius 1 is 0.921 bits per heavy atom. The van der Waals surface area contributed by atoms with Gasteiger partial charge in [-0.25, -0.2) is 8.78 Å². The van der Waals surface area contributed by atoms with E-state index in [1.165, 1.54) is 31.4 Å². The maximum absolute atomic E-state index is 14.7. The van der Waals surface area contributed by atoms with E-state index in [4.69, 9.17) is 0 Å². The summed E-state index contributed by atoms with van der Waals surface area (Å²) in [5.41, 5.74) is 4.92. The largest absolute Gasteiger partial charge is 0.358 e. The number of anilines is 1. The van der Waals surface area contributed by atoms with E-state index in [0.717, 1.165) is 37.0 Å². The zero-order valence-electron chi connectivity index (χ0n) is 21.4. The molecule has 1 fully saturated rings. The van der Waals surface area contributed by atoms with Gasteiger partial charge in [0.15, 0.2) is 11.6 Å². The van der Waals surface area contributed by atoms with Gasteiger partial charge < -0.3 is 20.1 Å². The van der Waals surface area contributed by atoms with E-state index in [1.807, 2.05) is 11.8 Å². The number of H-pyrrole nitrogens is 1. The number of nitrogens with one attached hydrogen (secondary N) is 2. The topological polar surface area (TPSA) is 68.4 Å². The molecule has 6 rings (SSSR count). The van der Waals surface area contributed by atoms with Crippen LogP contribution in [0.15, 0.2) is 36.4 Å². The average molecular weight is 517 g/mol. The van der Waals surface area contributed by atoms with E-state index in [2.05, 4.69) is 15.2 Å². The summed E-state index contributed by atoms with van der Waals surface area (Å²) in [5, 5.41) is 2.84. The summed E-state index contributed by atoms with van der Waals surface area (Å²) in [7, 11) is 0. The van der Waals surface area contributed by atoms with Crippen LogP contribution < -0.4 is 5.32 Å². The molecule has 1 saturated heterocycles. The third-order valence-electron chi connectivity index (χ3n) is 7.99. The molecule has 0 unspecified atom stereocenters. The number of rotatable bonds is 5. The molecule has 3 aromatic rings. The molecule has 0 aliphatic carbocycles. The van der Waals surface area contributed by atoms with E-state index in [-0.39, 0.29) is 17.4 Å². The summed E-state index contributed by atoms with van der Waals surface area (Å²) in [5.74, 6) is -2.22. The molecular formula is C30H30F2N4O2. The Kier molecular flexibility index (Phi) is 6.35. The maximum Gasteiger partial charge on any atom is 0.256 e. The number of carbonyl (C=O) groups is 2. The minimum Gasteiger partial charge on any atom is -0.358 e. The first kappa shape index (κ1) is 24.6. The number of aromatic amines is 1. The molecule has 6 nitrogen and oxygen atoms in total. The zero-order valence-corrected chi connectivity index (χ0v) is 21.4. The van der Waals surface area contributed by atoms with Crippen LogP contribution in [0.25, 0.3) is 22.8 Å². The number of piperidine rings is 1. The van der Waals surface area contributed by atoms with Crippen LogP contribution in [0.4, 0.5) is 14.5 Å². The van der Waals surface area contributed by atoms with Crippen molar-refractivity contribution >= 4 is 29.2 Å². The highest BCUT2D eigenvalue weighted by atomic mass is 19.2. The van der Waals surface area contributed by atoms with Crippen LogP contribution in [-0.4, -0.2) is 59.3 Å². The van der Waals surface area contributed by atoms with Gasteiger partial charge in [0.2, 0.25) is 0 Å². The third-order valence-corrected chi connectivity index (χ3v) is 7.99. The van der Waals surface area contributed by atoms with Crippen molar-refractivity contribution in [1.29, 1.82) is 0 Å². The van der Waals surface area contributed by atoms with Gasteiger partial charge in [0.1, 0.15) is 0 Å². The van der Waals surface area contributed by atoms with E-state index >= 15 is 0 Å². The standard InChI is InChI=1S/C30H30F2N4O2/c1-18-25(33-24-11-14-36(30(38)26(18)24)16-15-35-12-3-2-4-13-35)17-21-27-19(7-6-10-23(27)34-29(21)37)20-8-5-9-22(31)28(20)32/h5-10,17,33H,2-4,11-16H2,1H3,(H,34,37)/b21-17-. The van der Waals surface area contributed by atoms with Crippen molar-refractivity contribution in [3.63, 3.8) is 0 Å². The molecule has 0 saturated carbocycles. The molecular weight excluding hydrogens is 486 g/mol. The monoisotopic (exact) mass is 516 g/mol. The Morgan fingerprint density at radius 3 is 2.50 bits per heavy atom. The molecule has 3 aliphatic heterocycles. The normalized spacial score (nSPS) is 18.6. The highest BCUT2D eigenvalue weighted by Gasteiger charge is 2.32. The summed E-state index contributed by atoms with van der Waals surface area (Å²) in [4.78, 5) is 34.2. The Hall–Kier alpha value is -3.78. The van der Waals surface area contributed by atoms with Crippen LogP contribution >= 0.6 is 0 Å². The molecule has 2 N–H and O–H groups in total. The molecule has 38 heavy (non-hydrogen) atoms. The van der Waals surface area contributed by atoms with Crippen LogP contribution in [0.1, 0.15) is 52.1 Å². The molecule has 0 radical (unpaired) electrons. The second-order valence-electron chi connectivity index (χ2n) is 10.3. The van der Waals surface area contributed by atoms with Gasteiger partial charge in [-0.05, 0) is 62.2 Å². The fraction of sp³-hybridized carbons (Fsp3) is 0.333. The van der Waals surface area contributed by atoms with E-state index in [0.29, 0.717) is 53.2 Å². The number of nitrogens with zero attached hydrogens (tertiary/aromatic N) is 2. The quantitative estimate of drug-likeness (QED) is 0.456. The molecule has 8 heteroatoms. The van der Waals surface area contributed by atoms with Crippen molar-refractivity contribution in [3.8, 4) is 11.1 Å². The van der Waals surface area contributed by atoms with Crippen LogP contribution in [0, 0.1) is 18.6 Å². The maximum atomic E-state index is 14.7. The highest BCUT2D eigenvalue weighted by molar-refractivity contribution is 6.36. The third kappa shape index (κ3) is 4.22. The number of aromatic nitrogens is 1. The van der Waals surface area contributed by atoms with Crippen LogP contribution in [-0.2, 0) is 11.2 Å². The number of fused-ring (bicyclic) bond motifs is 2. The van der Waals surface area contributed by atoms with E-state index in [9.17, 15) is 18.4 Å². The summed E-state index contributed by atoms with van der Waals surface area (Å²) in [6.45, 7) is 6.33. The smallest absolute Gasteiger partial charge is 0.256 e. The second-order valence-corrected chi connectivity index (χ2v) is 10.3. The minimum absolute atomic E-state index is 0.0143. The van der Waals surface area contributed by atoms with Crippen molar-refractivity contribution in [3.05, 3.63) is 76.1 Å². The Labute approximate surface area is 220 Å². The first-order chi connectivity index (χ1) is 18.4. The van der Waals surface area contributed by atoms with Crippen LogP contribution in [0.2, 0.25) is 0 Å². The lowest BCUT2D eigenvalue weighted by atomic mass is 9.93. The first-order valence-corrected chi connectivity index (χ1v) is 13.3. The Morgan fingerprint density at radius 2 is 1.68 bits per heavy atom. The number of hydrogen-bond acceptors (Lipinski definition) is 3. The number of hydrogen-bond donors (Lipinski definition) is 2. The second kappa shape index (κ2) is 9.83. The lowest BCUT2D eigenvalue weighted by Crippen LogP contribution is -2.43. The molecule has 2 amide bonds. The van der Waals surface area contributed by atoms with Crippen molar-refractivity contribution < 1.29 is 18.4 Å². The highest BCUT2D eigenvalue weighted by Crippen LogP contribution is 2.42.